The topological polar surface area (TPSA) is 41.6 Å². The van der Waals surface area contributed by atoms with Crippen molar-refractivity contribution < 1.29 is 9.53 Å². The van der Waals surface area contributed by atoms with E-state index in [1.807, 2.05) is 55.4 Å². The van der Waals surface area contributed by atoms with Gasteiger partial charge in [-0.05, 0) is 24.3 Å². The van der Waals surface area contributed by atoms with Crippen LogP contribution in [0.1, 0.15) is 10.4 Å². The van der Waals surface area contributed by atoms with Crippen molar-refractivity contribution in [3.05, 3.63) is 48.0 Å². The van der Waals surface area contributed by atoms with Crippen LogP contribution >= 0.6 is 0 Å². The summed E-state index contributed by atoms with van der Waals surface area (Å²) in [6, 6.07) is 13.5. The molecule has 0 fully saturated rings. The quantitative estimate of drug-likeness (QED) is 0.938. The first-order chi connectivity index (χ1) is 10.1. The lowest BCUT2D eigenvalue weighted by Gasteiger charge is -2.19. The van der Waals surface area contributed by atoms with Crippen LogP contribution in [0.2, 0.25) is 0 Å². The molecule has 1 amide bonds. The molecule has 0 aliphatic rings. The van der Waals surface area contributed by atoms with Gasteiger partial charge in [0.05, 0.1) is 7.11 Å². The Labute approximate surface area is 125 Å². The molecule has 2 aromatic carbocycles. The molecule has 0 heterocycles. The minimum Gasteiger partial charge on any atom is -0.496 e. The van der Waals surface area contributed by atoms with Crippen LogP contribution < -0.4 is 15.0 Å². The fraction of sp³-hybridized carbons (Fsp3) is 0.235. The molecule has 110 valence electrons. The Morgan fingerprint density at radius 1 is 1.10 bits per heavy atom. The maximum Gasteiger partial charge on any atom is 0.251 e. The summed E-state index contributed by atoms with van der Waals surface area (Å²) in [6.07, 6.45) is 0. The van der Waals surface area contributed by atoms with E-state index in [4.69, 9.17) is 4.74 Å². The van der Waals surface area contributed by atoms with Gasteiger partial charge in [-0.2, -0.15) is 0 Å². The zero-order valence-electron chi connectivity index (χ0n) is 12.8. The molecular formula is C17H20N2O2. The summed E-state index contributed by atoms with van der Waals surface area (Å²) in [5.74, 6) is 0.637. The maximum absolute atomic E-state index is 11.9. The lowest BCUT2D eigenvalue weighted by Crippen LogP contribution is -2.17. The summed E-state index contributed by atoms with van der Waals surface area (Å²) in [7, 11) is 7.25. The standard InChI is InChI=1S/C17H20N2O2/c1-18-17(20)12-9-10-16(21-4)14(11-12)13-7-5-6-8-15(13)19(2)3/h5-11H,1-4H3,(H,18,20). The first kappa shape index (κ1) is 14.9. The van der Waals surface area contributed by atoms with Gasteiger partial charge in [-0.15, -0.1) is 0 Å². The van der Waals surface area contributed by atoms with Gasteiger partial charge in [0, 0.05) is 43.5 Å². The van der Waals surface area contributed by atoms with Gasteiger partial charge in [0.2, 0.25) is 0 Å². The smallest absolute Gasteiger partial charge is 0.251 e. The van der Waals surface area contributed by atoms with E-state index in [2.05, 4.69) is 5.32 Å². The van der Waals surface area contributed by atoms with Gasteiger partial charge in [0.1, 0.15) is 5.75 Å². The third kappa shape index (κ3) is 2.99. The normalized spacial score (nSPS) is 10.1. The number of anilines is 1. The minimum absolute atomic E-state index is 0.110. The first-order valence-electron chi connectivity index (χ1n) is 6.75. The number of carbonyl (C=O) groups is 1. The van der Waals surface area contributed by atoms with Crippen molar-refractivity contribution >= 4 is 11.6 Å². The zero-order chi connectivity index (χ0) is 15.4. The van der Waals surface area contributed by atoms with E-state index in [9.17, 15) is 4.79 Å². The molecule has 2 aromatic rings. The largest absolute Gasteiger partial charge is 0.496 e. The second-order valence-electron chi connectivity index (χ2n) is 4.91. The Morgan fingerprint density at radius 3 is 2.43 bits per heavy atom. The molecule has 0 atom stereocenters. The van der Waals surface area contributed by atoms with Gasteiger partial charge in [0.15, 0.2) is 0 Å². The van der Waals surface area contributed by atoms with Gasteiger partial charge < -0.3 is 15.0 Å². The number of ether oxygens (including phenoxy) is 1. The highest BCUT2D eigenvalue weighted by atomic mass is 16.5. The van der Waals surface area contributed by atoms with Gasteiger partial charge in [-0.3, -0.25) is 4.79 Å². The second-order valence-corrected chi connectivity index (χ2v) is 4.91. The fourth-order valence-electron chi connectivity index (χ4n) is 2.30. The van der Waals surface area contributed by atoms with E-state index in [1.54, 1.807) is 20.2 Å². The van der Waals surface area contributed by atoms with Crippen molar-refractivity contribution in [2.75, 3.05) is 33.2 Å². The third-order valence-electron chi connectivity index (χ3n) is 3.36. The summed E-state index contributed by atoms with van der Waals surface area (Å²) >= 11 is 0. The molecule has 0 saturated heterocycles. The van der Waals surface area contributed by atoms with Crippen LogP contribution in [0.5, 0.6) is 5.75 Å². The van der Waals surface area contributed by atoms with E-state index in [1.165, 1.54) is 0 Å². The summed E-state index contributed by atoms with van der Waals surface area (Å²) in [5, 5.41) is 2.64. The van der Waals surface area contributed by atoms with Crippen molar-refractivity contribution in [3.8, 4) is 16.9 Å². The molecule has 4 heteroatoms. The van der Waals surface area contributed by atoms with Crippen molar-refractivity contribution in [1.29, 1.82) is 0 Å². The van der Waals surface area contributed by atoms with Crippen LogP contribution in [0.4, 0.5) is 5.69 Å². The summed E-state index contributed by atoms with van der Waals surface area (Å²) in [6.45, 7) is 0. The van der Waals surface area contributed by atoms with E-state index < -0.39 is 0 Å². The number of carbonyl (C=O) groups excluding carboxylic acids is 1. The van der Waals surface area contributed by atoms with Crippen molar-refractivity contribution in [3.63, 3.8) is 0 Å². The highest BCUT2D eigenvalue weighted by Gasteiger charge is 2.14. The predicted molar refractivity (Wildman–Crippen MR) is 86.1 cm³/mol. The minimum atomic E-state index is -0.110. The van der Waals surface area contributed by atoms with Crippen LogP contribution in [0, 0.1) is 0 Å². The SMILES string of the molecule is CNC(=O)c1ccc(OC)c(-c2ccccc2N(C)C)c1. The Bertz CT molecular complexity index is 651. The molecular weight excluding hydrogens is 264 g/mol. The molecule has 0 unspecified atom stereocenters. The number of amides is 1. The molecule has 0 aliphatic carbocycles. The number of hydrogen-bond acceptors (Lipinski definition) is 3. The summed E-state index contributed by atoms with van der Waals surface area (Å²) < 4.78 is 5.45. The van der Waals surface area contributed by atoms with Crippen LogP contribution in [-0.4, -0.2) is 34.2 Å². The Morgan fingerprint density at radius 2 is 1.81 bits per heavy atom. The molecule has 0 spiro atoms. The fourth-order valence-corrected chi connectivity index (χ4v) is 2.30. The van der Waals surface area contributed by atoms with Crippen LogP contribution in [0.15, 0.2) is 42.5 Å². The molecule has 21 heavy (non-hydrogen) atoms. The maximum atomic E-state index is 11.9. The second kappa shape index (κ2) is 6.31. The zero-order valence-corrected chi connectivity index (χ0v) is 12.8. The molecule has 0 radical (unpaired) electrons. The molecule has 2 rings (SSSR count). The van der Waals surface area contributed by atoms with E-state index in [-0.39, 0.29) is 5.91 Å². The van der Waals surface area contributed by atoms with Crippen LogP contribution in [-0.2, 0) is 0 Å². The lowest BCUT2D eigenvalue weighted by atomic mass is 9.99. The van der Waals surface area contributed by atoms with Crippen LogP contribution in [0.3, 0.4) is 0 Å². The monoisotopic (exact) mass is 284 g/mol. The van der Waals surface area contributed by atoms with E-state index >= 15 is 0 Å². The van der Waals surface area contributed by atoms with Crippen molar-refractivity contribution in [2.45, 2.75) is 0 Å². The van der Waals surface area contributed by atoms with Crippen LogP contribution in [0.25, 0.3) is 11.1 Å². The summed E-state index contributed by atoms with van der Waals surface area (Å²) in [5.41, 5.74) is 3.62. The molecule has 4 nitrogen and oxygen atoms in total. The Balaban J connectivity index is 2.64. The third-order valence-corrected chi connectivity index (χ3v) is 3.36. The number of benzene rings is 2. The number of nitrogens with zero attached hydrogens (tertiary/aromatic N) is 1. The average molecular weight is 284 g/mol. The Kier molecular flexibility index (Phi) is 4.48. The van der Waals surface area contributed by atoms with E-state index in [0.29, 0.717) is 5.56 Å². The number of nitrogens with one attached hydrogen (secondary N) is 1. The number of rotatable bonds is 4. The molecule has 0 saturated carbocycles. The first-order valence-corrected chi connectivity index (χ1v) is 6.75. The Hall–Kier alpha value is -2.49. The van der Waals surface area contributed by atoms with Gasteiger partial charge in [0.25, 0.3) is 5.91 Å². The number of hydrogen-bond donors (Lipinski definition) is 1. The molecule has 1 N–H and O–H groups in total. The van der Waals surface area contributed by atoms with Gasteiger partial charge in [-0.25, -0.2) is 0 Å². The highest BCUT2D eigenvalue weighted by molar-refractivity contribution is 5.96. The summed E-state index contributed by atoms with van der Waals surface area (Å²) in [4.78, 5) is 13.9. The van der Waals surface area contributed by atoms with Gasteiger partial charge in [-0.1, -0.05) is 18.2 Å². The predicted octanol–water partition coefficient (Wildman–Crippen LogP) is 2.79. The average Bonchev–Trinajstić information content (AvgIpc) is 2.53. The van der Waals surface area contributed by atoms with Crippen molar-refractivity contribution in [2.24, 2.45) is 0 Å². The lowest BCUT2D eigenvalue weighted by molar-refractivity contribution is 0.0963. The number of para-hydroxylation sites is 1. The molecule has 0 bridgehead atoms. The highest BCUT2D eigenvalue weighted by Crippen LogP contribution is 2.36. The molecule has 0 aromatic heterocycles. The number of methoxy groups -OCH3 is 1. The van der Waals surface area contributed by atoms with E-state index in [0.717, 1.165) is 22.6 Å². The van der Waals surface area contributed by atoms with Gasteiger partial charge >= 0.3 is 0 Å². The molecule has 0 aliphatic heterocycles. The van der Waals surface area contributed by atoms with Crippen molar-refractivity contribution in [1.82, 2.24) is 5.32 Å².